The Balaban J connectivity index is 0.00000242. The molecular weight excluding hydrogens is 306 g/mol. The molecule has 1 aromatic rings. The predicted octanol–water partition coefficient (Wildman–Crippen LogP) is 2.40. The molecule has 0 atom stereocenters. The summed E-state index contributed by atoms with van der Waals surface area (Å²) in [5, 5.41) is 14.3. The first kappa shape index (κ1) is 18.4. The van der Waals surface area contributed by atoms with E-state index in [0.29, 0.717) is 24.6 Å². The number of nitrogens with one attached hydrogen (secondary N) is 1. The maximum Gasteiger partial charge on any atom is 0.285 e. The number of likely N-dealkylation sites (tertiary alicyclic amines) is 1. The lowest BCUT2D eigenvalue weighted by Crippen LogP contribution is -2.40. The van der Waals surface area contributed by atoms with Gasteiger partial charge in [-0.05, 0) is 45.3 Å². The molecule has 0 unspecified atom stereocenters. The highest BCUT2D eigenvalue weighted by Gasteiger charge is 2.28. The Morgan fingerprint density at radius 1 is 1.41 bits per heavy atom. The normalized spacial score (nSPS) is 15.3. The predicted molar refractivity (Wildman–Crippen MR) is 87.6 cm³/mol. The van der Waals surface area contributed by atoms with E-state index in [1.54, 1.807) is 30.0 Å². The van der Waals surface area contributed by atoms with Crippen LogP contribution in [0.25, 0.3) is 0 Å². The summed E-state index contributed by atoms with van der Waals surface area (Å²) in [4.78, 5) is 25.0. The number of aryl methyl sites for hydroxylation is 1. The molecule has 1 fully saturated rings. The summed E-state index contributed by atoms with van der Waals surface area (Å²) in [6.07, 6.45) is 1.87. The average Bonchev–Trinajstić information content (AvgIpc) is 2.47. The molecule has 1 amide bonds. The summed E-state index contributed by atoms with van der Waals surface area (Å²) >= 11 is 0. The quantitative estimate of drug-likeness (QED) is 0.680. The number of nitro groups is 1. The van der Waals surface area contributed by atoms with E-state index in [-0.39, 0.29) is 29.6 Å². The van der Waals surface area contributed by atoms with Crippen LogP contribution in [0.3, 0.4) is 0 Å². The molecule has 1 aliphatic rings. The number of para-hydroxylation sites is 1. The molecule has 0 aromatic heterocycles. The van der Waals surface area contributed by atoms with E-state index in [0.717, 1.165) is 19.4 Å². The maximum atomic E-state index is 12.5. The lowest BCUT2D eigenvalue weighted by molar-refractivity contribution is -0.385. The first-order valence-corrected chi connectivity index (χ1v) is 7.22. The van der Waals surface area contributed by atoms with Crippen molar-refractivity contribution in [3.63, 3.8) is 0 Å². The SMILES string of the molecule is CNCC1CCN(C(=O)c2cccc(C)c2[N+](=O)[O-])CC1.Cl. The van der Waals surface area contributed by atoms with Crippen LogP contribution >= 0.6 is 12.4 Å². The Labute approximate surface area is 136 Å². The third-order valence-corrected chi connectivity index (χ3v) is 4.05. The van der Waals surface area contributed by atoms with Crippen molar-refractivity contribution >= 4 is 24.0 Å². The second kappa shape index (κ2) is 8.10. The van der Waals surface area contributed by atoms with Crippen molar-refractivity contribution in [3.8, 4) is 0 Å². The lowest BCUT2D eigenvalue weighted by atomic mass is 9.96. The van der Waals surface area contributed by atoms with Crippen LogP contribution in [0.15, 0.2) is 18.2 Å². The summed E-state index contributed by atoms with van der Waals surface area (Å²) in [5.74, 6) is 0.347. The van der Waals surface area contributed by atoms with Crippen LogP contribution in [0.4, 0.5) is 5.69 Å². The molecule has 7 heteroatoms. The summed E-state index contributed by atoms with van der Waals surface area (Å²) in [5.41, 5.74) is 0.655. The van der Waals surface area contributed by atoms with Crippen molar-refractivity contribution in [1.29, 1.82) is 0 Å². The molecule has 22 heavy (non-hydrogen) atoms. The van der Waals surface area contributed by atoms with Crippen LogP contribution in [-0.4, -0.2) is 42.4 Å². The monoisotopic (exact) mass is 327 g/mol. The van der Waals surface area contributed by atoms with Crippen LogP contribution < -0.4 is 5.32 Å². The van der Waals surface area contributed by atoms with Crippen molar-refractivity contribution in [2.24, 2.45) is 5.92 Å². The van der Waals surface area contributed by atoms with Crippen LogP contribution in [0, 0.1) is 23.0 Å². The molecule has 0 bridgehead atoms. The van der Waals surface area contributed by atoms with Crippen LogP contribution in [0.2, 0.25) is 0 Å². The summed E-state index contributed by atoms with van der Waals surface area (Å²) in [7, 11) is 1.92. The largest absolute Gasteiger partial charge is 0.338 e. The van der Waals surface area contributed by atoms with Gasteiger partial charge < -0.3 is 10.2 Å². The van der Waals surface area contributed by atoms with Crippen LogP contribution in [-0.2, 0) is 0 Å². The summed E-state index contributed by atoms with van der Waals surface area (Å²) in [6, 6.07) is 4.91. The standard InChI is InChI=1S/C15H21N3O3.ClH/c1-11-4-3-5-13(14(11)18(20)21)15(19)17-8-6-12(7-9-17)10-16-2;/h3-5,12,16H,6-10H2,1-2H3;1H. The Morgan fingerprint density at radius 2 is 2.05 bits per heavy atom. The zero-order valence-electron chi connectivity index (χ0n) is 12.9. The minimum atomic E-state index is -0.462. The topological polar surface area (TPSA) is 75.5 Å². The molecule has 1 aliphatic heterocycles. The van der Waals surface area contributed by atoms with Gasteiger partial charge in [-0.25, -0.2) is 0 Å². The molecule has 1 saturated heterocycles. The van der Waals surface area contributed by atoms with Gasteiger partial charge in [-0.1, -0.05) is 12.1 Å². The van der Waals surface area contributed by atoms with Gasteiger partial charge in [0.1, 0.15) is 5.56 Å². The van der Waals surface area contributed by atoms with Gasteiger partial charge in [-0.2, -0.15) is 0 Å². The van der Waals surface area contributed by atoms with E-state index in [1.165, 1.54) is 0 Å². The number of amides is 1. The Hall–Kier alpha value is -1.66. The lowest BCUT2D eigenvalue weighted by Gasteiger charge is -2.32. The number of carbonyl (C=O) groups excluding carboxylic acids is 1. The number of piperidine rings is 1. The first-order chi connectivity index (χ1) is 10.0. The number of benzene rings is 1. The number of nitrogens with zero attached hydrogens (tertiary/aromatic N) is 2. The van der Waals surface area contributed by atoms with E-state index in [2.05, 4.69) is 5.32 Å². The second-order valence-corrected chi connectivity index (χ2v) is 5.52. The van der Waals surface area contributed by atoms with Gasteiger partial charge in [0, 0.05) is 18.7 Å². The molecule has 1 aromatic carbocycles. The van der Waals surface area contributed by atoms with E-state index in [1.807, 2.05) is 7.05 Å². The highest BCUT2D eigenvalue weighted by Crippen LogP contribution is 2.26. The van der Waals surface area contributed by atoms with Crippen LogP contribution in [0.5, 0.6) is 0 Å². The van der Waals surface area contributed by atoms with Crippen molar-refractivity contribution in [2.45, 2.75) is 19.8 Å². The van der Waals surface area contributed by atoms with Gasteiger partial charge in [0.2, 0.25) is 0 Å². The Kier molecular flexibility index (Phi) is 6.77. The zero-order valence-corrected chi connectivity index (χ0v) is 13.7. The number of hydrogen-bond donors (Lipinski definition) is 1. The van der Waals surface area contributed by atoms with Gasteiger partial charge in [0.25, 0.3) is 11.6 Å². The fraction of sp³-hybridized carbons (Fsp3) is 0.533. The van der Waals surface area contributed by atoms with E-state index < -0.39 is 4.92 Å². The number of nitro benzene ring substituents is 1. The Morgan fingerprint density at radius 3 is 2.59 bits per heavy atom. The molecule has 6 nitrogen and oxygen atoms in total. The van der Waals surface area contributed by atoms with E-state index in [4.69, 9.17) is 0 Å². The molecule has 0 radical (unpaired) electrons. The Bertz CT molecular complexity index is 543. The maximum absolute atomic E-state index is 12.5. The molecular formula is C15H22ClN3O3. The summed E-state index contributed by atoms with van der Waals surface area (Å²) < 4.78 is 0. The van der Waals surface area contributed by atoms with E-state index in [9.17, 15) is 14.9 Å². The highest BCUT2D eigenvalue weighted by atomic mass is 35.5. The highest BCUT2D eigenvalue weighted by molar-refractivity contribution is 5.98. The fourth-order valence-electron chi connectivity index (χ4n) is 2.87. The average molecular weight is 328 g/mol. The third-order valence-electron chi connectivity index (χ3n) is 4.05. The minimum Gasteiger partial charge on any atom is -0.338 e. The first-order valence-electron chi connectivity index (χ1n) is 7.22. The number of carbonyl (C=O) groups is 1. The molecule has 0 saturated carbocycles. The van der Waals surface area contributed by atoms with E-state index >= 15 is 0 Å². The fourth-order valence-corrected chi connectivity index (χ4v) is 2.87. The zero-order chi connectivity index (χ0) is 15.4. The minimum absolute atomic E-state index is 0. The van der Waals surface area contributed by atoms with Gasteiger partial charge in [0.15, 0.2) is 0 Å². The molecule has 1 heterocycles. The molecule has 2 rings (SSSR count). The van der Waals surface area contributed by atoms with Gasteiger partial charge in [0.05, 0.1) is 4.92 Å². The molecule has 0 aliphatic carbocycles. The third kappa shape index (κ3) is 3.96. The van der Waals surface area contributed by atoms with Crippen LogP contribution in [0.1, 0.15) is 28.8 Å². The second-order valence-electron chi connectivity index (χ2n) is 5.52. The van der Waals surface area contributed by atoms with Crippen molar-refractivity contribution in [1.82, 2.24) is 10.2 Å². The van der Waals surface area contributed by atoms with Gasteiger partial charge in [-0.3, -0.25) is 14.9 Å². The van der Waals surface area contributed by atoms with Gasteiger partial charge >= 0.3 is 0 Å². The van der Waals surface area contributed by atoms with Gasteiger partial charge in [-0.15, -0.1) is 12.4 Å². The van der Waals surface area contributed by atoms with Crippen molar-refractivity contribution in [3.05, 3.63) is 39.4 Å². The number of rotatable bonds is 4. The molecule has 0 spiro atoms. The number of halogens is 1. The van der Waals surface area contributed by atoms with Crippen molar-refractivity contribution < 1.29 is 9.72 Å². The smallest absolute Gasteiger partial charge is 0.285 e. The molecule has 1 N–H and O–H groups in total. The van der Waals surface area contributed by atoms with Crippen molar-refractivity contribution in [2.75, 3.05) is 26.7 Å². The summed E-state index contributed by atoms with van der Waals surface area (Å²) in [6.45, 7) is 3.94. The number of hydrogen-bond acceptors (Lipinski definition) is 4. The molecule has 122 valence electrons.